The van der Waals surface area contributed by atoms with E-state index in [0.717, 1.165) is 21.6 Å². The fraction of sp³-hybridized carbons (Fsp3) is 0.188. The van der Waals surface area contributed by atoms with E-state index < -0.39 is 29.7 Å². The molecule has 12 heteroatoms. The van der Waals surface area contributed by atoms with Gasteiger partial charge in [0.15, 0.2) is 16.3 Å². The first-order chi connectivity index (χ1) is 13.2. The van der Waals surface area contributed by atoms with E-state index in [0.29, 0.717) is 0 Å². The zero-order valence-electron chi connectivity index (χ0n) is 14.0. The number of alkyl halides is 4. The van der Waals surface area contributed by atoms with Crippen LogP contribution in [-0.4, -0.2) is 32.4 Å². The largest absolute Gasteiger partial charge is 0.507 e. The number of aromatic nitrogens is 3. The van der Waals surface area contributed by atoms with Crippen LogP contribution in [0, 0.1) is 6.92 Å². The van der Waals surface area contributed by atoms with Gasteiger partial charge in [-0.05, 0) is 19.1 Å². The summed E-state index contributed by atoms with van der Waals surface area (Å²) in [6.07, 6.45) is -3.88. The topological polar surface area (TPSA) is 70.6 Å². The molecule has 146 valence electrons. The zero-order chi connectivity index (χ0) is 20.1. The standard InChI is InChI=1S/C16H10F4N4O3S/c1-9-7-24(14(28-9)22-13(25)23-5-4-21-8-23)10-2-3-11-12(6-10)27-16(19,20)15(17,18)26-11/h2-8H,1H3/b22-14-. The molecule has 3 aromatic rings. The van der Waals surface area contributed by atoms with E-state index in [9.17, 15) is 22.4 Å². The van der Waals surface area contributed by atoms with Crippen LogP contribution >= 0.6 is 11.3 Å². The predicted octanol–water partition coefficient (Wildman–Crippen LogP) is 3.57. The highest BCUT2D eigenvalue weighted by Gasteiger charge is 2.65. The van der Waals surface area contributed by atoms with Crippen molar-refractivity contribution in [3.8, 4) is 17.2 Å². The predicted molar refractivity (Wildman–Crippen MR) is 88.1 cm³/mol. The summed E-state index contributed by atoms with van der Waals surface area (Å²) in [5.74, 6) is -1.09. The Hall–Kier alpha value is -3.15. The maximum Gasteiger partial charge on any atom is 0.507 e. The first-order valence-corrected chi connectivity index (χ1v) is 8.52. The molecule has 2 aromatic heterocycles. The van der Waals surface area contributed by atoms with Gasteiger partial charge < -0.3 is 9.47 Å². The van der Waals surface area contributed by atoms with Crippen LogP contribution in [0.15, 0.2) is 48.1 Å². The van der Waals surface area contributed by atoms with Crippen LogP contribution in [0.3, 0.4) is 0 Å². The van der Waals surface area contributed by atoms with Gasteiger partial charge in [0.2, 0.25) is 0 Å². The van der Waals surface area contributed by atoms with Gasteiger partial charge in [0.1, 0.15) is 6.33 Å². The number of rotatable bonds is 1. The molecular formula is C16H10F4N4O3S. The van der Waals surface area contributed by atoms with Crippen molar-refractivity contribution in [1.29, 1.82) is 0 Å². The monoisotopic (exact) mass is 414 g/mol. The fourth-order valence-electron chi connectivity index (χ4n) is 2.44. The van der Waals surface area contributed by atoms with Crippen LogP contribution in [0.2, 0.25) is 0 Å². The number of amides is 1. The molecule has 7 nitrogen and oxygen atoms in total. The molecule has 1 aromatic carbocycles. The van der Waals surface area contributed by atoms with Gasteiger partial charge in [0.05, 0.1) is 5.69 Å². The summed E-state index contributed by atoms with van der Waals surface area (Å²) in [4.78, 5) is 20.9. The second-order valence-electron chi connectivity index (χ2n) is 5.73. The molecule has 0 N–H and O–H groups in total. The van der Waals surface area contributed by atoms with Crippen LogP contribution in [0.25, 0.3) is 5.69 Å². The summed E-state index contributed by atoms with van der Waals surface area (Å²) in [5.41, 5.74) is 0.268. The highest BCUT2D eigenvalue weighted by Crippen LogP contribution is 2.47. The van der Waals surface area contributed by atoms with E-state index in [1.165, 1.54) is 40.7 Å². The number of halogens is 4. The Labute approximate surface area is 158 Å². The van der Waals surface area contributed by atoms with Crippen molar-refractivity contribution in [3.63, 3.8) is 0 Å². The van der Waals surface area contributed by atoms with Crippen LogP contribution in [0.4, 0.5) is 22.4 Å². The number of carbonyl (C=O) groups excluding carboxylic acids is 1. The van der Waals surface area contributed by atoms with Crippen molar-refractivity contribution >= 4 is 17.4 Å². The van der Waals surface area contributed by atoms with Crippen molar-refractivity contribution in [2.75, 3.05) is 0 Å². The molecule has 0 fully saturated rings. The quantitative estimate of drug-likeness (QED) is 0.571. The number of aryl methyl sites for hydroxylation is 1. The highest BCUT2D eigenvalue weighted by molar-refractivity contribution is 7.09. The lowest BCUT2D eigenvalue weighted by Crippen LogP contribution is -2.52. The van der Waals surface area contributed by atoms with Gasteiger partial charge in [-0.15, -0.1) is 11.3 Å². The summed E-state index contributed by atoms with van der Waals surface area (Å²) >= 11 is 1.17. The molecule has 3 heterocycles. The van der Waals surface area contributed by atoms with Crippen LogP contribution < -0.4 is 14.3 Å². The Kier molecular flexibility index (Phi) is 4.03. The average molecular weight is 414 g/mol. The average Bonchev–Trinajstić information content (AvgIpc) is 3.25. The van der Waals surface area contributed by atoms with Crippen molar-refractivity contribution in [1.82, 2.24) is 14.1 Å². The second-order valence-corrected chi connectivity index (χ2v) is 6.94. The highest BCUT2D eigenvalue weighted by atomic mass is 32.1. The van der Waals surface area contributed by atoms with E-state index >= 15 is 0 Å². The minimum Gasteiger partial charge on any atom is -0.421 e. The third kappa shape index (κ3) is 3.05. The van der Waals surface area contributed by atoms with Gasteiger partial charge in [-0.2, -0.15) is 22.6 Å². The van der Waals surface area contributed by atoms with E-state index in [-0.39, 0.29) is 10.5 Å². The Morgan fingerprint density at radius 3 is 2.57 bits per heavy atom. The normalized spacial score (nSPS) is 17.5. The molecule has 0 saturated heterocycles. The number of benzene rings is 1. The summed E-state index contributed by atoms with van der Waals surface area (Å²) in [6.45, 7) is 1.76. The third-order valence-corrected chi connectivity index (χ3v) is 4.60. The number of thiazole rings is 1. The van der Waals surface area contributed by atoms with Crippen molar-refractivity contribution in [2.24, 2.45) is 4.99 Å². The summed E-state index contributed by atoms with van der Waals surface area (Å²) in [5, 5.41) is 0. The maximum atomic E-state index is 13.4. The van der Waals surface area contributed by atoms with E-state index in [1.54, 1.807) is 13.1 Å². The van der Waals surface area contributed by atoms with Crippen molar-refractivity contribution < 1.29 is 31.8 Å². The lowest BCUT2D eigenvalue weighted by Gasteiger charge is -2.31. The minimum absolute atomic E-state index is 0.241. The van der Waals surface area contributed by atoms with Crippen LogP contribution in [0.5, 0.6) is 11.5 Å². The second kappa shape index (κ2) is 6.19. The molecule has 0 atom stereocenters. The van der Waals surface area contributed by atoms with Crippen LogP contribution in [0.1, 0.15) is 4.88 Å². The van der Waals surface area contributed by atoms with E-state index in [4.69, 9.17) is 0 Å². The zero-order valence-corrected chi connectivity index (χ0v) is 14.8. The number of nitrogens with zero attached hydrogens (tertiary/aromatic N) is 4. The Bertz CT molecular complexity index is 1120. The molecule has 1 aliphatic rings. The fourth-order valence-corrected chi connectivity index (χ4v) is 3.26. The molecule has 1 aliphatic heterocycles. The molecule has 0 saturated carbocycles. The van der Waals surface area contributed by atoms with E-state index in [1.807, 2.05) is 0 Å². The number of hydrogen-bond acceptors (Lipinski definition) is 5. The van der Waals surface area contributed by atoms with Gasteiger partial charge in [-0.1, -0.05) is 0 Å². The first-order valence-electron chi connectivity index (χ1n) is 7.70. The Morgan fingerprint density at radius 2 is 1.89 bits per heavy atom. The molecule has 0 bridgehead atoms. The maximum absolute atomic E-state index is 13.4. The van der Waals surface area contributed by atoms with Gasteiger partial charge in [0.25, 0.3) is 0 Å². The summed E-state index contributed by atoms with van der Waals surface area (Å²) in [6, 6.07) is 2.92. The lowest BCUT2D eigenvalue weighted by molar-refractivity contribution is -0.391. The molecule has 0 spiro atoms. The number of carbonyl (C=O) groups is 1. The van der Waals surface area contributed by atoms with Crippen LogP contribution in [-0.2, 0) is 0 Å². The number of ether oxygens (including phenoxy) is 2. The molecule has 0 aliphatic carbocycles. The van der Waals surface area contributed by atoms with Gasteiger partial charge >= 0.3 is 18.2 Å². The molecule has 0 unspecified atom stereocenters. The summed E-state index contributed by atoms with van der Waals surface area (Å²) < 4.78 is 64.2. The molecular weight excluding hydrogens is 404 g/mol. The molecule has 1 amide bonds. The van der Waals surface area contributed by atoms with Gasteiger partial charge in [0, 0.05) is 29.5 Å². The number of fused-ring (bicyclic) bond motifs is 1. The van der Waals surface area contributed by atoms with Gasteiger partial charge in [-0.25, -0.2) is 9.78 Å². The Balaban J connectivity index is 1.77. The molecule has 4 rings (SSSR count). The summed E-state index contributed by atoms with van der Waals surface area (Å²) in [7, 11) is 0. The smallest absolute Gasteiger partial charge is 0.421 e. The molecule has 28 heavy (non-hydrogen) atoms. The minimum atomic E-state index is -4.82. The van der Waals surface area contributed by atoms with E-state index in [2.05, 4.69) is 19.5 Å². The third-order valence-electron chi connectivity index (χ3n) is 3.71. The number of imidazole rings is 1. The van der Waals surface area contributed by atoms with Crippen molar-refractivity contribution in [2.45, 2.75) is 19.1 Å². The SMILES string of the molecule is Cc1cn(-c2ccc3c(c2)OC(F)(F)C(F)(F)O3)/c(=N/C(=O)n2ccnc2)s1. The van der Waals surface area contributed by atoms with Gasteiger partial charge in [-0.3, -0.25) is 9.13 Å². The molecule has 0 radical (unpaired) electrons. The number of hydrogen-bond donors (Lipinski definition) is 0. The first kappa shape index (κ1) is 18.2. The Morgan fingerprint density at radius 1 is 1.18 bits per heavy atom. The lowest BCUT2D eigenvalue weighted by atomic mass is 10.2. The van der Waals surface area contributed by atoms with Crippen molar-refractivity contribution in [3.05, 3.63) is 52.8 Å².